The Labute approximate surface area is 139 Å². The van der Waals surface area contributed by atoms with E-state index < -0.39 is 10.0 Å². The highest BCUT2D eigenvalue weighted by Gasteiger charge is 2.55. The van der Waals surface area contributed by atoms with Crippen LogP contribution in [0, 0.1) is 5.92 Å². The smallest absolute Gasteiger partial charge is 0.211 e. The van der Waals surface area contributed by atoms with Gasteiger partial charge < -0.3 is 4.74 Å². The monoisotopic (exact) mass is 338 g/mol. The lowest BCUT2D eigenvalue weighted by Crippen LogP contribution is -2.50. The average molecular weight is 338 g/mol. The Kier molecular flexibility index (Phi) is 4.78. The van der Waals surface area contributed by atoms with Gasteiger partial charge in [0.15, 0.2) is 0 Å². The third-order valence-corrected chi connectivity index (χ3v) is 6.56. The third-order valence-electron chi connectivity index (χ3n) is 5.25. The molecule has 0 aromatic heterocycles. The number of ether oxygens (including phenoxy) is 1. The number of piperazine rings is 1. The van der Waals surface area contributed by atoms with Gasteiger partial charge >= 0.3 is 0 Å². The normalized spacial score (nSPS) is 29.6. The summed E-state index contributed by atoms with van der Waals surface area (Å²) in [6, 6.07) is 10.7. The molecule has 0 N–H and O–H groups in total. The summed E-state index contributed by atoms with van der Waals surface area (Å²) < 4.78 is 30.2. The molecule has 2 aliphatic rings. The summed E-state index contributed by atoms with van der Waals surface area (Å²) in [5, 5.41) is 0. The first-order valence-corrected chi connectivity index (χ1v) is 10.0. The van der Waals surface area contributed by atoms with Gasteiger partial charge in [0.1, 0.15) is 0 Å². The molecule has 0 amide bonds. The van der Waals surface area contributed by atoms with Gasteiger partial charge in [-0.2, -0.15) is 4.31 Å². The number of hydrogen-bond donors (Lipinski definition) is 0. The molecule has 128 valence electrons. The highest BCUT2D eigenvalue weighted by molar-refractivity contribution is 7.88. The Morgan fingerprint density at radius 2 is 1.83 bits per heavy atom. The molecular formula is C17H26N2O3S. The van der Waals surface area contributed by atoms with Crippen molar-refractivity contribution in [3.05, 3.63) is 35.9 Å². The van der Waals surface area contributed by atoms with E-state index >= 15 is 0 Å². The maximum absolute atomic E-state index is 11.6. The van der Waals surface area contributed by atoms with E-state index in [1.165, 1.54) is 11.8 Å². The van der Waals surface area contributed by atoms with Gasteiger partial charge in [0.25, 0.3) is 0 Å². The van der Waals surface area contributed by atoms with Crippen molar-refractivity contribution in [2.24, 2.45) is 5.92 Å². The van der Waals surface area contributed by atoms with Gasteiger partial charge in [-0.15, -0.1) is 0 Å². The van der Waals surface area contributed by atoms with E-state index in [2.05, 4.69) is 35.2 Å². The van der Waals surface area contributed by atoms with Crippen molar-refractivity contribution in [3.63, 3.8) is 0 Å². The van der Waals surface area contributed by atoms with E-state index in [0.29, 0.717) is 19.0 Å². The van der Waals surface area contributed by atoms with Crippen molar-refractivity contribution in [3.8, 4) is 0 Å². The fourth-order valence-electron chi connectivity index (χ4n) is 3.83. The zero-order valence-electron chi connectivity index (χ0n) is 13.9. The van der Waals surface area contributed by atoms with Crippen LogP contribution < -0.4 is 0 Å². The molecule has 0 radical (unpaired) electrons. The SMILES string of the molecule is COC[C@@H]1C[C@@]1(CN1CCN(S(C)(=O)=O)CC1)c1ccccc1. The minimum Gasteiger partial charge on any atom is -0.384 e. The molecule has 1 aromatic carbocycles. The number of nitrogens with zero attached hydrogens (tertiary/aromatic N) is 2. The van der Waals surface area contributed by atoms with Crippen LogP contribution in [-0.2, 0) is 20.2 Å². The van der Waals surface area contributed by atoms with Crippen LogP contribution >= 0.6 is 0 Å². The van der Waals surface area contributed by atoms with Crippen LogP contribution in [0.3, 0.4) is 0 Å². The van der Waals surface area contributed by atoms with Crippen LogP contribution in [0.4, 0.5) is 0 Å². The molecule has 3 rings (SSSR count). The lowest BCUT2D eigenvalue weighted by molar-refractivity contribution is 0.150. The second-order valence-electron chi connectivity index (χ2n) is 6.82. The molecule has 1 saturated heterocycles. The Hall–Kier alpha value is -0.950. The van der Waals surface area contributed by atoms with Crippen molar-refractivity contribution in [1.29, 1.82) is 0 Å². The Morgan fingerprint density at radius 1 is 1.17 bits per heavy atom. The second-order valence-corrected chi connectivity index (χ2v) is 8.80. The Balaban J connectivity index is 1.68. The molecule has 6 heteroatoms. The number of rotatable bonds is 6. The topological polar surface area (TPSA) is 49.9 Å². The predicted octanol–water partition coefficient (Wildman–Crippen LogP) is 1.17. The van der Waals surface area contributed by atoms with E-state index in [9.17, 15) is 8.42 Å². The Morgan fingerprint density at radius 3 is 2.39 bits per heavy atom. The minimum absolute atomic E-state index is 0.171. The Bertz CT molecular complexity index is 626. The molecule has 1 saturated carbocycles. The van der Waals surface area contributed by atoms with Crippen LogP contribution in [-0.4, -0.2) is 70.3 Å². The van der Waals surface area contributed by atoms with Gasteiger partial charge in [-0.25, -0.2) is 8.42 Å². The van der Waals surface area contributed by atoms with Crippen molar-refractivity contribution in [1.82, 2.24) is 9.21 Å². The summed E-state index contributed by atoms with van der Waals surface area (Å²) in [6.45, 7) is 4.58. The van der Waals surface area contributed by atoms with Crippen molar-refractivity contribution in [2.45, 2.75) is 11.8 Å². The van der Waals surface area contributed by atoms with Crippen molar-refractivity contribution >= 4 is 10.0 Å². The van der Waals surface area contributed by atoms with E-state index in [1.807, 2.05) is 0 Å². The molecule has 5 nitrogen and oxygen atoms in total. The van der Waals surface area contributed by atoms with Gasteiger partial charge in [0.2, 0.25) is 10.0 Å². The van der Waals surface area contributed by atoms with E-state index in [1.54, 1.807) is 11.4 Å². The van der Waals surface area contributed by atoms with Crippen molar-refractivity contribution < 1.29 is 13.2 Å². The number of sulfonamides is 1. The molecular weight excluding hydrogens is 312 g/mol. The third kappa shape index (κ3) is 3.60. The summed E-state index contributed by atoms with van der Waals surface area (Å²) in [7, 11) is -1.30. The average Bonchev–Trinajstić information content (AvgIpc) is 3.22. The van der Waals surface area contributed by atoms with Gasteiger partial charge in [0.05, 0.1) is 6.26 Å². The first-order valence-electron chi connectivity index (χ1n) is 8.18. The number of benzene rings is 1. The van der Waals surface area contributed by atoms with Gasteiger partial charge in [0, 0.05) is 51.9 Å². The molecule has 0 spiro atoms. The first-order chi connectivity index (χ1) is 11.0. The van der Waals surface area contributed by atoms with Crippen molar-refractivity contribution in [2.75, 3.05) is 52.7 Å². The zero-order valence-corrected chi connectivity index (χ0v) is 14.8. The van der Waals surface area contributed by atoms with E-state index in [0.717, 1.165) is 32.7 Å². The quantitative estimate of drug-likeness (QED) is 0.781. The lowest BCUT2D eigenvalue weighted by atomic mass is 9.92. The number of hydrogen-bond acceptors (Lipinski definition) is 4. The molecule has 0 unspecified atom stereocenters. The molecule has 2 atom stereocenters. The fourth-order valence-corrected chi connectivity index (χ4v) is 4.65. The molecule has 1 aliphatic carbocycles. The molecule has 1 aromatic rings. The van der Waals surface area contributed by atoms with E-state index in [4.69, 9.17) is 4.74 Å². The van der Waals surface area contributed by atoms with Crippen LogP contribution in [0.15, 0.2) is 30.3 Å². The van der Waals surface area contributed by atoms with Crippen LogP contribution in [0.25, 0.3) is 0 Å². The van der Waals surface area contributed by atoms with Crippen LogP contribution in [0.2, 0.25) is 0 Å². The first kappa shape index (κ1) is 16.9. The maximum atomic E-state index is 11.6. The number of methoxy groups -OCH3 is 1. The molecule has 2 fully saturated rings. The summed E-state index contributed by atoms with van der Waals surface area (Å²) in [4.78, 5) is 2.41. The largest absolute Gasteiger partial charge is 0.384 e. The summed E-state index contributed by atoms with van der Waals surface area (Å²) >= 11 is 0. The molecule has 1 aliphatic heterocycles. The summed E-state index contributed by atoms with van der Waals surface area (Å²) in [5.41, 5.74) is 1.55. The minimum atomic E-state index is -3.06. The van der Waals surface area contributed by atoms with Gasteiger partial charge in [-0.3, -0.25) is 4.90 Å². The molecule has 23 heavy (non-hydrogen) atoms. The standard InChI is InChI=1S/C17H26N2O3S/c1-22-13-16-12-17(16,15-6-4-3-5-7-15)14-18-8-10-19(11-9-18)23(2,20)21/h3-7,16H,8-14H2,1-2H3/t16-,17+/m0/s1. The van der Waals surface area contributed by atoms with Crippen LogP contribution in [0.5, 0.6) is 0 Å². The second kappa shape index (κ2) is 6.51. The zero-order chi connectivity index (χ0) is 16.5. The molecule has 1 heterocycles. The van der Waals surface area contributed by atoms with Gasteiger partial charge in [-0.05, 0) is 17.9 Å². The van der Waals surface area contributed by atoms with Crippen LogP contribution in [0.1, 0.15) is 12.0 Å². The van der Waals surface area contributed by atoms with Gasteiger partial charge in [-0.1, -0.05) is 30.3 Å². The summed E-state index contributed by atoms with van der Waals surface area (Å²) in [6.07, 6.45) is 2.45. The highest BCUT2D eigenvalue weighted by Crippen LogP contribution is 2.54. The summed E-state index contributed by atoms with van der Waals surface area (Å²) in [5.74, 6) is 0.558. The predicted molar refractivity (Wildman–Crippen MR) is 91.0 cm³/mol. The lowest BCUT2D eigenvalue weighted by Gasteiger charge is -2.36. The fraction of sp³-hybridized carbons (Fsp3) is 0.647. The molecule has 0 bridgehead atoms. The van der Waals surface area contributed by atoms with E-state index in [-0.39, 0.29) is 5.41 Å². The maximum Gasteiger partial charge on any atom is 0.211 e. The highest BCUT2D eigenvalue weighted by atomic mass is 32.2.